The summed E-state index contributed by atoms with van der Waals surface area (Å²) in [6, 6.07) is 6.91. The molecule has 0 bridgehead atoms. The summed E-state index contributed by atoms with van der Waals surface area (Å²) in [5.41, 5.74) is 1.52. The van der Waals surface area contributed by atoms with E-state index in [1.807, 2.05) is 12.1 Å². The van der Waals surface area contributed by atoms with Gasteiger partial charge in [-0.1, -0.05) is 6.07 Å². The van der Waals surface area contributed by atoms with Crippen molar-refractivity contribution in [2.75, 3.05) is 18.5 Å². The van der Waals surface area contributed by atoms with Gasteiger partial charge in [-0.05, 0) is 23.8 Å². The number of aliphatic hydroxyl groups is 1. The highest BCUT2D eigenvalue weighted by atomic mass is 16.3. The number of nitrogens with zero attached hydrogens (tertiary/aromatic N) is 3. The summed E-state index contributed by atoms with van der Waals surface area (Å²) >= 11 is 0. The van der Waals surface area contributed by atoms with Crippen LogP contribution in [0.4, 0.5) is 10.5 Å². The van der Waals surface area contributed by atoms with E-state index in [-0.39, 0.29) is 19.2 Å². The average Bonchev–Trinajstić information content (AvgIpc) is 2.49. The molecule has 2 aromatic rings. The predicted molar refractivity (Wildman–Crippen MR) is 75.0 cm³/mol. The van der Waals surface area contributed by atoms with Gasteiger partial charge in [-0.2, -0.15) is 0 Å². The summed E-state index contributed by atoms with van der Waals surface area (Å²) in [5.74, 6) is 0. The van der Waals surface area contributed by atoms with Crippen LogP contribution in [0.1, 0.15) is 5.56 Å². The van der Waals surface area contributed by atoms with Crippen molar-refractivity contribution in [2.24, 2.45) is 0 Å². The molecule has 0 radical (unpaired) electrons. The molecule has 2 amide bonds. The van der Waals surface area contributed by atoms with Gasteiger partial charge in [0.2, 0.25) is 0 Å². The van der Waals surface area contributed by atoms with Crippen molar-refractivity contribution in [3.8, 4) is 0 Å². The van der Waals surface area contributed by atoms with Crippen LogP contribution in [0.15, 0.2) is 49.1 Å². The summed E-state index contributed by atoms with van der Waals surface area (Å²) in [4.78, 5) is 21.6. The molecular formula is C14H16N4O2. The minimum absolute atomic E-state index is 0.0965. The van der Waals surface area contributed by atoms with Gasteiger partial charge in [-0.25, -0.2) is 4.79 Å². The van der Waals surface area contributed by atoms with Crippen molar-refractivity contribution in [1.29, 1.82) is 0 Å². The Morgan fingerprint density at radius 3 is 2.55 bits per heavy atom. The van der Waals surface area contributed by atoms with Gasteiger partial charge in [0.25, 0.3) is 0 Å². The molecule has 0 aliphatic rings. The Morgan fingerprint density at radius 2 is 1.95 bits per heavy atom. The third-order valence-electron chi connectivity index (χ3n) is 2.67. The highest BCUT2D eigenvalue weighted by Gasteiger charge is 2.13. The van der Waals surface area contributed by atoms with Crippen LogP contribution < -0.4 is 5.32 Å². The molecule has 0 spiro atoms. The predicted octanol–water partition coefficient (Wildman–Crippen LogP) is 1.50. The Kier molecular flexibility index (Phi) is 5.02. The Balaban J connectivity index is 2.02. The third-order valence-corrected chi connectivity index (χ3v) is 2.67. The Bertz CT molecular complexity index is 533. The fourth-order valence-corrected chi connectivity index (χ4v) is 1.72. The molecular weight excluding hydrogens is 256 g/mol. The lowest BCUT2D eigenvalue weighted by molar-refractivity contribution is 0.185. The summed E-state index contributed by atoms with van der Waals surface area (Å²) in [5, 5.41) is 11.8. The molecule has 20 heavy (non-hydrogen) atoms. The van der Waals surface area contributed by atoms with Crippen molar-refractivity contribution < 1.29 is 9.90 Å². The smallest absolute Gasteiger partial charge is 0.322 e. The van der Waals surface area contributed by atoms with Gasteiger partial charge >= 0.3 is 6.03 Å². The fraction of sp³-hybridized carbons (Fsp3) is 0.214. The van der Waals surface area contributed by atoms with E-state index < -0.39 is 0 Å². The van der Waals surface area contributed by atoms with Gasteiger partial charge in [-0.3, -0.25) is 9.97 Å². The molecule has 2 aromatic heterocycles. The van der Waals surface area contributed by atoms with Gasteiger partial charge < -0.3 is 15.3 Å². The molecule has 6 nitrogen and oxygen atoms in total. The van der Waals surface area contributed by atoms with Crippen molar-refractivity contribution >= 4 is 11.7 Å². The second-order valence-electron chi connectivity index (χ2n) is 4.18. The number of anilines is 1. The molecule has 2 N–H and O–H groups in total. The van der Waals surface area contributed by atoms with Crippen molar-refractivity contribution in [3.63, 3.8) is 0 Å². The standard InChI is InChI=1S/C14H16N4O2/c19-8-7-18(11-12-3-1-5-15-9-12)14(20)17-13-4-2-6-16-10-13/h1-6,9-10,19H,7-8,11H2,(H,17,20). The lowest BCUT2D eigenvalue weighted by Gasteiger charge is -2.22. The molecule has 0 saturated carbocycles. The van der Waals surface area contributed by atoms with Crippen molar-refractivity contribution in [2.45, 2.75) is 6.54 Å². The van der Waals surface area contributed by atoms with E-state index in [9.17, 15) is 4.79 Å². The number of aliphatic hydroxyl groups excluding tert-OH is 1. The molecule has 6 heteroatoms. The van der Waals surface area contributed by atoms with Crippen LogP contribution in [0.3, 0.4) is 0 Å². The van der Waals surface area contributed by atoms with E-state index in [1.165, 1.54) is 4.90 Å². The zero-order valence-electron chi connectivity index (χ0n) is 10.9. The van der Waals surface area contributed by atoms with E-state index in [4.69, 9.17) is 5.11 Å². The van der Waals surface area contributed by atoms with Crippen LogP contribution >= 0.6 is 0 Å². The second kappa shape index (κ2) is 7.20. The highest BCUT2D eigenvalue weighted by Crippen LogP contribution is 2.08. The maximum Gasteiger partial charge on any atom is 0.322 e. The van der Waals surface area contributed by atoms with E-state index in [0.717, 1.165) is 5.56 Å². The molecule has 0 unspecified atom stereocenters. The largest absolute Gasteiger partial charge is 0.395 e. The first-order valence-corrected chi connectivity index (χ1v) is 6.25. The number of hydrogen-bond acceptors (Lipinski definition) is 4. The summed E-state index contributed by atoms with van der Waals surface area (Å²) in [6.45, 7) is 0.544. The van der Waals surface area contributed by atoms with Crippen LogP contribution in [0.25, 0.3) is 0 Å². The number of rotatable bonds is 5. The number of carbonyl (C=O) groups is 1. The number of pyridine rings is 2. The molecule has 2 rings (SSSR count). The van der Waals surface area contributed by atoms with Gasteiger partial charge in [-0.15, -0.1) is 0 Å². The van der Waals surface area contributed by atoms with E-state index in [0.29, 0.717) is 12.2 Å². The molecule has 2 heterocycles. The van der Waals surface area contributed by atoms with Crippen LogP contribution in [0.2, 0.25) is 0 Å². The number of aromatic nitrogens is 2. The zero-order chi connectivity index (χ0) is 14.2. The van der Waals surface area contributed by atoms with Crippen LogP contribution in [-0.4, -0.2) is 39.2 Å². The maximum atomic E-state index is 12.2. The number of hydrogen-bond donors (Lipinski definition) is 2. The van der Waals surface area contributed by atoms with Gasteiger partial charge in [0.1, 0.15) is 0 Å². The first kappa shape index (κ1) is 14.0. The lowest BCUT2D eigenvalue weighted by atomic mass is 10.2. The maximum absolute atomic E-state index is 12.2. The Hall–Kier alpha value is -2.47. The van der Waals surface area contributed by atoms with Crippen LogP contribution in [-0.2, 0) is 6.54 Å². The third kappa shape index (κ3) is 4.03. The monoisotopic (exact) mass is 272 g/mol. The first-order chi connectivity index (χ1) is 9.79. The molecule has 104 valence electrons. The topological polar surface area (TPSA) is 78.4 Å². The van der Waals surface area contributed by atoms with Gasteiger partial charge in [0, 0.05) is 31.7 Å². The number of carbonyl (C=O) groups excluding carboxylic acids is 1. The van der Waals surface area contributed by atoms with Gasteiger partial charge in [0.05, 0.1) is 18.5 Å². The summed E-state index contributed by atoms with van der Waals surface area (Å²) in [6.07, 6.45) is 6.58. The molecule has 0 aliphatic carbocycles. The average molecular weight is 272 g/mol. The normalized spacial score (nSPS) is 10.1. The lowest BCUT2D eigenvalue weighted by Crippen LogP contribution is -2.36. The zero-order valence-corrected chi connectivity index (χ0v) is 10.9. The van der Waals surface area contributed by atoms with E-state index in [2.05, 4.69) is 15.3 Å². The molecule has 0 aliphatic heterocycles. The summed E-state index contributed by atoms with van der Waals surface area (Å²) < 4.78 is 0. The number of amides is 2. The molecule has 0 saturated heterocycles. The quantitative estimate of drug-likeness (QED) is 0.864. The first-order valence-electron chi connectivity index (χ1n) is 6.25. The second-order valence-corrected chi connectivity index (χ2v) is 4.18. The number of urea groups is 1. The van der Waals surface area contributed by atoms with E-state index in [1.54, 1.807) is 36.9 Å². The van der Waals surface area contributed by atoms with Gasteiger partial charge in [0.15, 0.2) is 0 Å². The van der Waals surface area contributed by atoms with Crippen molar-refractivity contribution in [3.05, 3.63) is 54.6 Å². The SMILES string of the molecule is O=C(Nc1cccnc1)N(CCO)Cc1cccnc1. The molecule has 0 fully saturated rings. The minimum atomic E-state index is -0.282. The molecule has 0 aromatic carbocycles. The molecule has 0 atom stereocenters. The summed E-state index contributed by atoms with van der Waals surface area (Å²) in [7, 11) is 0. The van der Waals surface area contributed by atoms with E-state index >= 15 is 0 Å². The van der Waals surface area contributed by atoms with Crippen molar-refractivity contribution in [1.82, 2.24) is 14.9 Å². The fourth-order valence-electron chi connectivity index (χ4n) is 1.72. The minimum Gasteiger partial charge on any atom is -0.395 e. The Morgan fingerprint density at radius 1 is 1.20 bits per heavy atom. The van der Waals surface area contributed by atoms with Crippen LogP contribution in [0, 0.1) is 0 Å². The Labute approximate surface area is 117 Å². The van der Waals surface area contributed by atoms with Crippen LogP contribution in [0.5, 0.6) is 0 Å². The number of nitrogens with one attached hydrogen (secondary N) is 1. The highest BCUT2D eigenvalue weighted by molar-refractivity contribution is 5.89.